The Balaban J connectivity index is 1.75. The number of hydrazine groups is 1. The Morgan fingerprint density at radius 3 is 2.67 bits per heavy atom. The molecule has 0 bridgehead atoms. The SMILES string of the molecule is CC(NNC(=O)CNc1ccccc1Cl)=C1CC1. The van der Waals surface area contributed by atoms with E-state index in [1.807, 2.05) is 25.1 Å². The number of allylic oxidation sites excluding steroid dienone is 2. The minimum Gasteiger partial charge on any atom is -0.375 e. The van der Waals surface area contributed by atoms with Gasteiger partial charge in [-0.1, -0.05) is 23.7 Å². The van der Waals surface area contributed by atoms with Gasteiger partial charge in [0.2, 0.25) is 0 Å². The zero-order chi connectivity index (χ0) is 13.0. The molecule has 0 heterocycles. The maximum atomic E-state index is 11.6. The van der Waals surface area contributed by atoms with Crippen LogP contribution in [0.5, 0.6) is 0 Å². The quantitative estimate of drug-likeness (QED) is 0.717. The Kier molecular flexibility index (Phi) is 4.10. The van der Waals surface area contributed by atoms with Crippen molar-refractivity contribution < 1.29 is 4.79 Å². The van der Waals surface area contributed by atoms with Crippen molar-refractivity contribution in [2.45, 2.75) is 19.8 Å². The van der Waals surface area contributed by atoms with E-state index in [9.17, 15) is 4.79 Å². The summed E-state index contributed by atoms with van der Waals surface area (Å²) in [6, 6.07) is 7.33. The monoisotopic (exact) mass is 265 g/mol. The molecule has 1 amide bonds. The van der Waals surface area contributed by atoms with Crippen molar-refractivity contribution in [1.82, 2.24) is 10.9 Å². The first kappa shape index (κ1) is 12.8. The molecular formula is C13H16ClN3O. The van der Waals surface area contributed by atoms with E-state index in [-0.39, 0.29) is 12.5 Å². The Morgan fingerprint density at radius 1 is 1.28 bits per heavy atom. The van der Waals surface area contributed by atoms with Gasteiger partial charge in [0.15, 0.2) is 0 Å². The largest absolute Gasteiger partial charge is 0.375 e. The van der Waals surface area contributed by atoms with Gasteiger partial charge in [-0.15, -0.1) is 0 Å². The highest BCUT2D eigenvalue weighted by Crippen LogP contribution is 2.29. The fourth-order valence-electron chi connectivity index (χ4n) is 1.51. The van der Waals surface area contributed by atoms with E-state index < -0.39 is 0 Å². The molecule has 1 fully saturated rings. The lowest BCUT2D eigenvalue weighted by Crippen LogP contribution is -2.39. The summed E-state index contributed by atoms with van der Waals surface area (Å²) in [6.45, 7) is 2.14. The van der Waals surface area contributed by atoms with Crippen LogP contribution in [0.4, 0.5) is 5.69 Å². The molecule has 0 unspecified atom stereocenters. The molecular weight excluding hydrogens is 250 g/mol. The molecule has 1 aromatic rings. The van der Waals surface area contributed by atoms with Crippen molar-refractivity contribution in [3.63, 3.8) is 0 Å². The summed E-state index contributed by atoms with van der Waals surface area (Å²) < 4.78 is 0. The fourth-order valence-corrected chi connectivity index (χ4v) is 1.72. The van der Waals surface area contributed by atoms with E-state index in [2.05, 4.69) is 16.2 Å². The van der Waals surface area contributed by atoms with Crippen LogP contribution in [-0.2, 0) is 4.79 Å². The molecule has 1 aliphatic rings. The number of carbonyl (C=O) groups excluding carboxylic acids is 1. The predicted octanol–water partition coefficient (Wildman–Crippen LogP) is 2.44. The van der Waals surface area contributed by atoms with Gasteiger partial charge in [-0.05, 0) is 37.5 Å². The second kappa shape index (κ2) is 5.78. The smallest absolute Gasteiger partial charge is 0.257 e. The number of halogens is 1. The van der Waals surface area contributed by atoms with Gasteiger partial charge in [-0.25, -0.2) is 0 Å². The highest BCUT2D eigenvalue weighted by atomic mass is 35.5. The van der Waals surface area contributed by atoms with Gasteiger partial charge in [-0.2, -0.15) is 0 Å². The van der Waals surface area contributed by atoms with Crippen molar-refractivity contribution >= 4 is 23.2 Å². The molecule has 4 nitrogen and oxygen atoms in total. The van der Waals surface area contributed by atoms with Crippen LogP contribution in [0.3, 0.4) is 0 Å². The predicted molar refractivity (Wildman–Crippen MR) is 73.2 cm³/mol. The zero-order valence-electron chi connectivity index (χ0n) is 10.2. The Morgan fingerprint density at radius 2 is 2.00 bits per heavy atom. The summed E-state index contributed by atoms with van der Waals surface area (Å²) in [5.74, 6) is -0.129. The number of benzene rings is 1. The van der Waals surface area contributed by atoms with Gasteiger partial charge in [0, 0.05) is 5.70 Å². The molecule has 3 N–H and O–H groups in total. The third-order valence-corrected chi connectivity index (χ3v) is 3.06. The summed E-state index contributed by atoms with van der Waals surface area (Å²) >= 11 is 5.97. The Bertz CT molecular complexity index is 479. The molecule has 0 atom stereocenters. The number of hydrogen-bond acceptors (Lipinski definition) is 3. The van der Waals surface area contributed by atoms with E-state index in [0.717, 1.165) is 24.2 Å². The van der Waals surface area contributed by atoms with E-state index in [1.54, 1.807) is 6.07 Å². The van der Waals surface area contributed by atoms with Crippen LogP contribution in [0.2, 0.25) is 5.02 Å². The number of hydrogen-bond donors (Lipinski definition) is 3. The number of para-hydroxylation sites is 1. The van der Waals surface area contributed by atoms with E-state index in [4.69, 9.17) is 11.6 Å². The second-order valence-corrected chi connectivity index (χ2v) is 4.64. The molecule has 0 spiro atoms. The van der Waals surface area contributed by atoms with Gasteiger partial charge >= 0.3 is 0 Å². The van der Waals surface area contributed by atoms with Crippen LogP contribution < -0.4 is 16.2 Å². The average Bonchev–Trinajstić information content (AvgIpc) is 3.19. The van der Waals surface area contributed by atoms with Crippen LogP contribution in [0, 0.1) is 0 Å². The fraction of sp³-hybridized carbons (Fsp3) is 0.308. The minimum absolute atomic E-state index is 0.129. The Hall–Kier alpha value is -1.68. The van der Waals surface area contributed by atoms with Crippen molar-refractivity contribution in [2.24, 2.45) is 0 Å². The topological polar surface area (TPSA) is 53.2 Å². The first-order valence-corrected chi connectivity index (χ1v) is 6.26. The molecule has 0 radical (unpaired) electrons. The number of amides is 1. The lowest BCUT2D eigenvalue weighted by Gasteiger charge is -2.10. The molecule has 0 aromatic heterocycles. The van der Waals surface area contributed by atoms with Crippen LogP contribution in [0.25, 0.3) is 0 Å². The molecule has 96 valence electrons. The molecule has 5 heteroatoms. The number of nitrogens with one attached hydrogen (secondary N) is 3. The van der Waals surface area contributed by atoms with Gasteiger partial charge in [-0.3, -0.25) is 10.2 Å². The maximum absolute atomic E-state index is 11.6. The first-order chi connectivity index (χ1) is 8.66. The van der Waals surface area contributed by atoms with Crippen LogP contribution in [0.1, 0.15) is 19.8 Å². The highest BCUT2D eigenvalue weighted by Gasteiger charge is 2.14. The number of anilines is 1. The summed E-state index contributed by atoms with van der Waals surface area (Å²) in [4.78, 5) is 11.6. The van der Waals surface area contributed by atoms with Crippen LogP contribution in [0.15, 0.2) is 35.5 Å². The summed E-state index contributed by atoms with van der Waals surface area (Å²) in [5, 5.41) is 3.59. The third kappa shape index (κ3) is 3.67. The zero-order valence-corrected chi connectivity index (χ0v) is 11.0. The third-order valence-electron chi connectivity index (χ3n) is 2.73. The van der Waals surface area contributed by atoms with Crippen LogP contribution in [-0.4, -0.2) is 12.5 Å². The molecule has 1 aliphatic carbocycles. The second-order valence-electron chi connectivity index (χ2n) is 4.24. The lowest BCUT2D eigenvalue weighted by atomic mass is 10.3. The van der Waals surface area contributed by atoms with Crippen molar-refractivity contribution in [3.05, 3.63) is 40.6 Å². The molecule has 18 heavy (non-hydrogen) atoms. The summed E-state index contributed by atoms with van der Waals surface area (Å²) in [5.41, 5.74) is 8.71. The first-order valence-electron chi connectivity index (χ1n) is 5.88. The molecule has 0 saturated heterocycles. The summed E-state index contributed by atoms with van der Waals surface area (Å²) in [6.07, 6.45) is 2.26. The molecule has 1 saturated carbocycles. The van der Waals surface area contributed by atoms with Gasteiger partial charge in [0.05, 0.1) is 17.3 Å². The molecule has 0 aliphatic heterocycles. The van der Waals surface area contributed by atoms with E-state index in [0.29, 0.717) is 5.02 Å². The average molecular weight is 266 g/mol. The number of rotatable bonds is 5. The van der Waals surface area contributed by atoms with Crippen LogP contribution >= 0.6 is 11.6 Å². The number of carbonyl (C=O) groups is 1. The van der Waals surface area contributed by atoms with E-state index >= 15 is 0 Å². The normalized spacial score (nSPS) is 12.9. The van der Waals surface area contributed by atoms with Crippen molar-refractivity contribution in [3.8, 4) is 0 Å². The lowest BCUT2D eigenvalue weighted by molar-refractivity contribution is -0.120. The van der Waals surface area contributed by atoms with Crippen molar-refractivity contribution in [2.75, 3.05) is 11.9 Å². The summed E-state index contributed by atoms with van der Waals surface area (Å²) in [7, 11) is 0. The van der Waals surface area contributed by atoms with Gasteiger partial charge in [0.1, 0.15) is 0 Å². The highest BCUT2D eigenvalue weighted by molar-refractivity contribution is 6.33. The minimum atomic E-state index is -0.129. The standard InChI is InChI=1S/C13H16ClN3O/c1-9(10-6-7-10)16-17-13(18)8-15-12-5-3-2-4-11(12)14/h2-5,15-16H,6-8H2,1H3,(H,17,18). The van der Waals surface area contributed by atoms with Gasteiger partial charge < -0.3 is 10.7 Å². The van der Waals surface area contributed by atoms with Crippen molar-refractivity contribution in [1.29, 1.82) is 0 Å². The van der Waals surface area contributed by atoms with Gasteiger partial charge in [0.25, 0.3) is 5.91 Å². The van der Waals surface area contributed by atoms with E-state index in [1.165, 1.54) is 5.57 Å². The molecule has 2 rings (SSSR count). The molecule has 1 aromatic carbocycles. The maximum Gasteiger partial charge on any atom is 0.257 e. The Labute approximate surface area is 111 Å².